The smallest absolute Gasteiger partial charge is 0.307 e. The first kappa shape index (κ1) is 21.0. The van der Waals surface area contributed by atoms with Crippen molar-refractivity contribution < 1.29 is 19.1 Å². The maximum Gasteiger partial charge on any atom is 0.307 e. The summed E-state index contributed by atoms with van der Waals surface area (Å²) in [5.41, 5.74) is 2.79. The van der Waals surface area contributed by atoms with Crippen molar-refractivity contribution in [2.45, 2.75) is 25.9 Å². The second-order valence-electron chi connectivity index (χ2n) is 6.93. The van der Waals surface area contributed by atoms with Gasteiger partial charge in [0.05, 0.1) is 6.42 Å². The Bertz CT molecular complexity index is 998. The number of esters is 1. The lowest BCUT2D eigenvalue weighted by molar-refractivity contribution is -0.154. The highest BCUT2D eigenvalue weighted by Crippen LogP contribution is 2.21. The monoisotopic (exact) mass is 401 g/mol. The second-order valence-corrected chi connectivity index (χ2v) is 6.93. The summed E-state index contributed by atoms with van der Waals surface area (Å²) < 4.78 is 5.48. The summed E-state index contributed by atoms with van der Waals surface area (Å²) in [5, 5.41) is 2.78. The van der Waals surface area contributed by atoms with Crippen LogP contribution in [0.1, 0.15) is 40.4 Å². The topological polar surface area (TPSA) is 72.5 Å². The molecular formula is C25H23NO4. The number of Topliss-reactive ketones (excluding diaryl/α,β-unsaturated/α-hetero) is 1. The third-order valence-electron chi connectivity index (χ3n) is 4.56. The molecule has 0 unspecified atom stereocenters. The molecule has 0 radical (unpaired) electrons. The standard InChI is InChI=1S/C25H23NO4/c1-18-12-14-21(15-13-18)26-25(29)24(20-10-6-3-7-11-20)30-23(28)17-16-22(27)19-8-4-2-5-9-19/h2-15,24H,16-17H2,1H3,(H,26,29)/t24-/m1/s1. The van der Waals surface area contributed by atoms with E-state index in [0.29, 0.717) is 16.8 Å². The number of amides is 1. The van der Waals surface area contributed by atoms with Gasteiger partial charge < -0.3 is 10.1 Å². The predicted molar refractivity (Wildman–Crippen MR) is 115 cm³/mol. The zero-order valence-corrected chi connectivity index (χ0v) is 16.7. The van der Waals surface area contributed by atoms with Crippen molar-refractivity contribution in [3.8, 4) is 0 Å². The first-order valence-electron chi connectivity index (χ1n) is 9.73. The molecule has 5 heteroatoms. The van der Waals surface area contributed by atoms with Crippen LogP contribution in [0.25, 0.3) is 0 Å². The summed E-state index contributed by atoms with van der Waals surface area (Å²) in [5.74, 6) is -1.20. The Balaban J connectivity index is 1.66. The summed E-state index contributed by atoms with van der Waals surface area (Å²) in [7, 11) is 0. The molecule has 3 rings (SSSR count). The third-order valence-corrected chi connectivity index (χ3v) is 4.56. The maximum atomic E-state index is 12.8. The average molecular weight is 401 g/mol. The molecule has 0 aromatic heterocycles. The average Bonchev–Trinajstić information content (AvgIpc) is 2.78. The van der Waals surface area contributed by atoms with Crippen LogP contribution in [0.15, 0.2) is 84.9 Å². The van der Waals surface area contributed by atoms with Crippen molar-refractivity contribution in [2.24, 2.45) is 0 Å². The van der Waals surface area contributed by atoms with Crippen molar-refractivity contribution in [1.29, 1.82) is 0 Å². The van der Waals surface area contributed by atoms with E-state index >= 15 is 0 Å². The summed E-state index contributed by atoms with van der Waals surface area (Å²) in [6.07, 6.45) is -1.19. The largest absolute Gasteiger partial charge is 0.447 e. The van der Waals surface area contributed by atoms with E-state index in [1.165, 1.54) is 0 Å². The molecule has 0 fully saturated rings. The van der Waals surface area contributed by atoms with Gasteiger partial charge in [0.15, 0.2) is 5.78 Å². The van der Waals surface area contributed by atoms with Crippen molar-refractivity contribution in [3.63, 3.8) is 0 Å². The molecule has 0 bridgehead atoms. The number of ether oxygens (including phenoxy) is 1. The molecule has 1 N–H and O–H groups in total. The molecule has 3 aromatic carbocycles. The number of hydrogen-bond donors (Lipinski definition) is 1. The first-order valence-corrected chi connectivity index (χ1v) is 9.73. The van der Waals surface area contributed by atoms with Crippen LogP contribution >= 0.6 is 0 Å². The van der Waals surface area contributed by atoms with Crippen LogP contribution in [0.5, 0.6) is 0 Å². The Morgan fingerprint density at radius 1 is 0.800 bits per heavy atom. The molecule has 5 nitrogen and oxygen atoms in total. The van der Waals surface area contributed by atoms with Crippen molar-refractivity contribution in [3.05, 3.63) is 102 Å². The highest BCUT2D eigenvalue weighted by atomic mass is 16.5. The quantitative estimate of drug-likeness (QED) is 0.431. The molecule has 1 atom stereocenters. The van der Waals surface area contributed by atoms with Crippen LogP contribution in [-0.4, -0.2) is 17.7 Å². The van der Waals surface area contributed by atoms with Crippen LogP contribution in [0.3, 0.4) is 0 Å². The van der Waals surface area contributed by atoms with Gasteiger partial charge in [0.25, 0.3) is 5.91 Å². The van der Waals surface area contributed by atoms with Gasteiger partial charge in [-0.05, 0) is 19.1 Å². The SMILES string of the molecule is Cc1ccc(NC(=O)[C@H](OC(=O)CCC(=O)c2ccccc2)c2ccccc2)cc1. The summed E-state index contributed by atoms with van der Waals surface area (Å²) in [6.45, 7) is 1.96. The maximum absolute atomic E-state index is 12.8. The van der Waals surface area contributed by atoms with Crippen LogP contribution < -0.4 is 5.32 Å². The molecule has 0 saturated carbocycles. The number of ketones is 1. The fourth-order valence-electron chi connectivity index (χ4n) is 2.92. The van der Waals surface area contributed by atoms with Gasteiger partial charge in [0, 0.05) is 23.2 Å². The zero-order valence-electron chi connectivity index (χ0n) is 16.7. The van der Waals surface area contributed by atoms with Gasteiger partial charge in [0.2, 0.25) is 6.10 Å². The van der Waals surface area contributed by atoms with Gasteiger partial charge in [-0.2, -0.15) is 0 Å². The molecule has 0 saturated heterocycles. The number of hydrogen-bond acceptors (Lipinski definition) is 4. The molecule has 0 spiro atoms. The zero-order chi connectivity index (χ0) is 21.3. The lowest BCUT2D eigenvalue weighted by Gasteiger charge is -2.18. The Morgan fingerprint density at radius 2 is 1.40 bits per heavy atom. The minimum Gasteiger partial charge on any atom is -0.447 e. The summed E-state index contributed by atoms with van der Waals surface area (Å²) in [6, 6.07) is 24.9. The molecule has 0 aliphatic rings. The van der Waals surface area contributed by atoms with E-state index in [0.717, 1.165) is 5.56 Å². The Labute approximate surface area is 175 Å². The molecular weight excluding hydrogens is 378 g/mol. The molecule has 30 heavy (non-hydrogen) atoms. The van der Waals surface area contributed by atoms with Crippen LogP contribution in [-0.2, 0) is 14.3 Å². The van der Waals surface area contributed by atoms with Gasteiger partial charge in [-0.3, -0.25) is 14.4 Å². The Kier molecular flexibility index (Phi) is 7.11. The van der Waals surface area contributed by atoms with Crippen molar-refractivity contribution in [2.75, 3.05) is 5.32 Å². The minimum absolute atomic E-state index is 0.0178. The third kappa shape index (κ3) is 5.88. The number of carbonyl (C=O) groups is 3. The second kappa shape index (κ2) is 10.2. The number of carbonyl (C=O) groups excluding carboxylic acids is 3. The van der Waals surface area contributed by atoms with Crippen molar-refractivity contribution in [1.82, 2.24) is 0 Å². The van der Waals surface area contributed by atoms with Gasteiger partial charge in [-0.1, -0.05) is 78.4 Å². The van der Waals surface area contributed by atoms with Gasteiger partial charge >= 0.3 is 5.97 Å². The Morgan fingerprint density at radius 3 is 2.03 bits per heavy atom. The first-order chi connectivity index (χ1) is 14.5. The number of rotatable bonds is 8. The van der Waals surface area contributed by atoms with E-state index in [2.05, 4.69) is 5.32 Å². The number of benzene rings is 3. The normalized spacial score (nSPS) is 11.4. The molecule has 1 amide bonds. The highest BCUT2D eigenvalue weighted by molar-refractivity contribution is 5.98. The van der Waals surface area contributed by atoms with Gasteiger partial charge in [-0.15, -0.1) is 0 Å². The van der Waals surface area contributed by atoms with E-state index < -0.39 is 18.0 Å². The lowest BCUT2D eigenvalue weighted by atomic mass is 10.1. The molecule has 152 valence electrons. The Hall–Kier alpha value is -3.73. The van der Waals surface area contributed by atoms with E-state index in [4.69, 9.17) is 4.74 Å². The molecule has 0 aliphatic carbocycles. The summed E-state index contributed by atoms with van der Waals surface area (Å²) in [4.78, 5) is 37.5. The number of anilines is 1. The van der Waals surface area contributed by atoms with E-state index in [1.807, 2.05) is 31.2 Å². The van der Waals surface area contributed by atoms with Gasteiger partial charge in [0.1, 0.15) is 0 Å². The van der Waals surface area contributed by atoms with Crippen LogP contribution in [0, 0.1) is 6.92 Å². The van der Waals surface area contributed by atoms with Crippen LogP contribution in [0.2, 0.25) is 0 Å². The minimum atomic E-state index is -1.10. The molecule has 0 aliphatic heterocycles. The fourth-order valence-corrected chi connectivity index (χ4v) is 2.92. The summed E-state index contributed by atoms with van der Waals surface area (Å²) >= 11 is 0. The highest BCUT2D eigenvalue weighted by Gasteiger charge is 2.25. The van der Waals surface area contributed by atoms with Crippen molar-refractivity contribution >= 4 is 23.3 Å². The number of nitrogens with one attached hydrogen (secondary N) is 1. The van der Waals surface area contributed by atoms with E-state index in [1.54, 1.807) is 60.7 Å². The molecule has 3 aromatic rings. The predicted octanol–water partition coefficient (Wildman–Crippen LogP) is 4.88. The lowest BCUT2D eigenvalue weighted by Crippen LogP contribution is -2.26. The number of aryl methyl sites for hydroxylation is 1. The van der Waals surface area contributed by atoms with Crippen LogP contribution in [0.4, 0.5) is 5.69 Å². The van der Waals surface area contributed by atoms with E-state index in [-0.39, 0.29) is 18.6 Å². The molecule has 0 heterocycles. The van der Waals surface area contributed by atoms with E-state index in [9.17, 15) is 14.4 Å². The van der Waals surface area contributed by atoms with Gasteiger partial charge in [-0.25, -0.2) is 0 Å². The fraction of sp³-hybridized carbons (Fsp3) is 0.160.